The number of likely N-dealkylation sites (N-methyl/N-ethyl adjacent to an activating group) is 1. The molecule has 1 aliphatic carbocycles. The van der Waals surface area contributed by atoms with E-state index >= 15 is 0 Å². The van der Waals surface area contributed by atoms with Crippen molar-refractivity contribution in [1.29, 1.82) is 0 Å². The number of hydrogen-bond acceptors (Lipinski definition) is 3. The molecule has 2 unspecified atom stereocenters. The fourth-order valence-electron chi connectivity index (χ4n) is 1.75. The minimum atomic E-state index is -0.436. The first-order valence-corrected chi connectivity index (χ1v) is 5.90. The summed E-state index contributed by atoms with van der Waals surface area (Å²) in [5.41, 5.74) is 1.27. The van der Waals surface area contributed by atoms with Crippen LogP contribution in [0.2, 0.25) is 0 Å². The van der Waals surface area contributed by atoms with E-state index in [2.05, 4.69) is 34.9 Å². The van der Waals surface area contributed by atoms with Crippen LogP contribution in [0.5, 0.6) is 0 Å². The van der Waals surface area contributed by atoms with Crippen LogP contribution in [0.3, 0.4) is 0 Å². The van der Waals surface area contributed by atoms with Gasteiger partial charge in [0.25, 0.3) is 0 Å². The van der Waals surface area contributed by atoms with Crippen LogP contribution in [-0.2, 0) is 0 Å². The van der Waals surface area contributed by atoms with E-state index in [1.165, 1.54) is 5.57 Å². The number of rotatable bonds is 6. The number of hydrogen-bond donors (Lipinski definition) is 3. The third kappa shape index (κ3) is 4.31. The van der Waals surface area contributed by atoms with Gasteiger partial charge in [0.2, 0.25) is 0 Å². The minimum absolute atomic E-state index is 0.400. The van der Waals surface area contributed by atoms with Gasteiger partial charge in [0.05, 0.1) is 0 Å². The van der Waals surface area contributed by atoms with Crippen LogP contribution in [0.15, 0.2) is 36.0 Å². The highest BCUT2D eigenvalue weighted by atomic mass is 16.3. The molecule has 1 rings (SSSR count). The molecule has 0 fully saturated rings. The third-order valence-electron chi connectivity index (χ3n) is 2.66. The predicted molar refractivity (Wildman–Crippen MR) is 68.1 cm³/mol. The zero-order valence-corrected chi connectivity index (χ0v) is 10.1. The van der Waals surface area contributed by atoms with Crippen molar-refractivity contribution in [3.63, 3.8) is 0 Å². The number of aliphatic hydroxyl groups excluding tert-OH is 1. The Kier molecular flexibility index (Phi) is 6.08. The van der Waals surface area contributed by atoms with Crippen molar-refractivity contribution in [2.45, 2.75) is 32.0 Å². The molecule has 0 spiro atoms. The molecule has 1 aliphatic rings. The van der Waals surface area contributed by atoms with E-state index in [0.717, 1.165) is 13.0 Å². The second-order valence-electron chi connectivity index (χ2n) is 3.88. The van der Waals surface area contributed by atoms with Crippen molar-refractivity contribution in [2.24, 2.45) is 0 Å². The van der Waals surface area contributed by atoms with Crippen LogP contribution in [0.4, 0.5) is 0 Å². The highest BCUT2D eigenvalue weighted by Crippen LogP contribution is 2.14. The zero-order chi connectivity index (χ0) is 11.8. The van der Waals surface area contributed by atoms with Crippen molar-refractivity contribution >= 4 is 0 Å². The average Bonchev–Trinajstić information content (AvgIpc) is 2.30. The van der Waals surface area contributed by atoms with Crippen LogP contribution >= 0.6 is 0 Å². The minimum Gasteiger partial charge on any atom is -0.378 e. The van der Waals surface area contributed by atoms with E-state index in [4.69, 9.17) is 0 Å². The van der Waals surface area contributed by atoms with E-state index in [1.807, 2.05) is 20.0 Å². The van der Waals surface area contributed by atoms with E-state index in [9.17, 15) is 5.11 Å². The first kappa shape index (κ1) is 13.2. The summed E-state index contributed by atoms with van der Waals surface area (Å²) < 4.78 is 0. The average molecular weight is 222 g/mol. The maximum absolute atomic E-state index is 9.49. The number of allylic oxidation sites excluding steroid dienone is 2. The first-order valence-electron chi connectivity index (χ1n) is 5.90. The smallest absolute Gasteiger partial charge is 0.108 e. The summed E-state index contributed by atoms with van der Waals surface area (Å²) in [4.78, 5) is 0. The number of aliphatic hydroxyl groups is 1. The molecule has 0 aromatic carbocycles. The Balaban J connectivity index is 2.42. The van der Waals surface area contributed by atoms with Gasteiger partial charge in [-0.05, 0) is 25.6 Å². The molecule has 0 saturated carbocycles. The fourth-order valence-corrected chi connectivity index (χ4v) is 1.75. The first-order chi connectivity index (χ1) is 7.77. The molecule has 3 heteroatoms. The lowest BCUT2D eigenvalue weighted by molar-refractivity contribution is 0.143. The SMILES string of the molecule is CCNC(O)C/C=C\C1=CC=CCC1NC. The van der Waals surface area contributed by atoms with Crippen molar-refractivity contribution in [2.75, 3.05) is 13.6 Å². The van der Waals surface area contributed by atoms with E-state index < -0.39 is 6.23 Å². The molecule has 3 N–H and O–H groups in total. The van der Waals surface area contributed by atoms with E-state index in [-0.39, 0.29) is 0 Å². The highest BCUT2D eigenvalue weighted by Gasteiger charge is 2.09. The van der Waals surface area contributed by atoms with Crippen molar-refractivity contribution < 1.29 is 5.11 Å². The van der Waals surface area contributed by atoms with Crippen LogP contribution in [0.1, 0.15) is 19.8 Å². The van der Waals surface area contributed by atoms with E-state index in [1.54, 1.807) is 0 Å². The monoisotopic (exact) mass is 222 g/mol. The van der Waals surface area contributed by atoms with Crippen molar-refractivity contribution in [3.8, 4) is 0 Å². The highest BCUT2D eigenvalue weighted by molar-refractivity contribution is 5.32. The van der Waals surface area contributed by atoms with Gasteiger partial charge in [-0.15, -0.1) is 0 Å². The second kappa shape index (κ2) is 7.39. The third-order valence-corrected chi connectivity index (χ3v) is 2.66. The summed E-state index contributed by atoms with van der Waals surface area (Å²) in [6.45, 7) is 2.78. The van der Waals surface area contributed by atoms with Crippen LogP contribution in [-0.4, -0.2) is 31.0 Å². The molecule has 0 bridgehead atoms. The molecule has 0 heterocycles. The molecule has 3 nitrogen and oxygen atoms in total. The quantitative estimate of drug-likeness (QED) is 0.594. The molecule has 16 heavy (non-hydrogen) atoms. The molecule has 2 atom stereocenters. The molecule has 0 aromatic heterocycles. The molecular weight excluding hydrogens is 200 g/mol. The van der Waals surface area contributed by atoms with Gasteiger partial charge in [-0.25, -0.2) is 0 Å². The summed E-state index contributed by atoms with van der Waals surface area (Å²) in [6, 6.07) is 0.400. The fraction of sp³-hybridized carbons (Fsp3) is 0.538. The maximum Gasteiger partial charge on any atom is 0.108 e. The van der Waals surface area contributed by atoms with Gasteiger partial charge in [0.15, 0.2) is 0 Å². The normalized spacial score (nSPS) is 22.4. The Morgan fingerprint density at radius 2 is 2.44 bits per heavy atom. The van der Waals surface area contributed by atoms with Crippen molar-refractivity contribution in [3.05, 3.63) is 36.0 Å². The second-order valence-corrected chi connectivity index (χ2v) is 3.88. The Morgan fingerprint density at radius 3 is 3.12 bits per heavy atom. The molecular formula is C13H22N2O. The Morgan fingerprint density at radius 1 is 1.62 bits per heavy atom. The standard InChI is InChI=1S/C13H22N2O/c1-3-15-13(16)10-6-8-11-7-4-5-9-12(11)14-2/h4-8,12-16H,3,9-10H2,1-2H3/b8-6-. The Hall–Kier alpha value is -0.900. The van der Waals surface area contributed by atoms with Gasteiger partial charge >= 0.3 is 0 Å². The summed E-state index contributed by atoms with van der Waals surface area (Å²) in [5, 5.41) is 15.7. The van der Waals surface area contributed by atoms with Crippen molar-refractivity contribution in [1.82, 2.24) is 10.6 Å². The van der Waals surface area contributed by atoms with Gasteiger partial charge in [0.1, 0.15) is 6.23 Å². The number of nitrogens with one attached hydrogen (secondary N) is 2. The predicted octanol–water partition coefficient (Wildman–Crippen LogP) is 1.33. The molecule has 0 saturated heterocycles. The van der Waals surface area contributed by atoms with Gasteiger partial charge < -0.3 is 10.4 Å². The van der Waals surface area contributed by atoms with Crippen LogP contribution in [0, 0.1) is 0 Å². The lowest BCUT2D eigenvalue weighted by atomic mass is 9.98. The lowest BCUT2D eigenvalue weighted by Crippen LogP contribution is -2.28. The topological polar surface area (TPSA) is 44.3 Å². The molecule has 0 amide bonds. The molecule has 0 aromatic rings. The largest absolute Gasteiger partial charge is 0.378 e. The van der Waals surface area contributed by atoms with Gasteiger partial charge in [-0.3, -0.25) is 5.32 Å². The maximum atomic E-state index is 9.49. The Labute approximate surface area is 97.9 Å². The van der Waals surface area contributed by atoms with Crippen LogP contribution < -0.4 is 10.6 Å². The zero-order valence-electron chi connectivity index (χ0n) is 10.1. The summed E-state index contributed by atoms with van der Waals surface area (Å²) in [7, 11) is 1.97. The lowest BCUT2D eigenvalue weighted by Gasteiger charge is -2.18. The van der Waals surface area contributed by atoms with E-state index in [0.29, 0.717) is 12.5 Å². The molecule has 90 valence electrons. The molecule has 0 radical (unpaired) electrons. The summed E-state index contributed by atoms with van der Waals surface area (Å²) >= 11 is 0. The Bertz CT molecular complexity index is 282. The van der Waals surface area contributed by atoms with Gasteiger partial charge in [-0.2, -0.15) is 0 Å². The summed E-state index contributed by atoms with van der Waals surface area (Å²) in [5.74, 6) is 0. The van der Waals surface area contributed by atoms with Gasteiger partial charge in [-0.1, -0.05) is 37.3 Å². The molecule has 0 aliphatic heterocycles. The van der Waals surface area contributed by atoms with Gasteiger partial charge in [0, 0.05) is 12.5 Å². The summed E-state index contributed by atoms with van der Waals surface area (Å²) in [6.07, 6.45) is 11.7. The van der Waals surface area contributed by atoms with Crippen LogP contribution in [0.25, 0.3) is 0 Å².